The number of para-hydroxylation sites is 3. The van der Waals surface area contributed by atoms with Crippen molar-refractivity contribution < 1.29 is 4.42 Å². The van der Waals surface area contributed by atoms with Gasteiger partial charge in [0.1, 0.15) is 5.58 Å². The second-order valence-electron chi connectivity index (χ2n) is 12.2. The molecule has 0 aliphatic carbocycles. The summed E-state index contributed by atoms with van der Waals surface area (Å²) in [5.41, 5.74) is 5.40. The summed E-state index contributed by atoms with van der Waals surface area (Å²) < 4.78 is 9.27. The molecule has 41 heavy (non-hydrogen) atoms. The summed E-state index contributed by atoms with van der Waals surface area (Å²) in [6.45, 7) is 13.8. The molecular formula is C38H31NOSi. The molecule has 6 aromatic carbocycles. The van der Waals surface area contributed by atoms with Gasteiger partial charge in [-0.3, -0.25) is 0 Å². The molecule has 0 spiro atoms. The normalized spacial score (nSPS) is 13.1. The Morgan fingerprint density at radius 3 is 2.02 bits per heavy atom. The van der Waals surface area contributed by atoms with Gasteiger partial charge in [-0.2, -0.15) is 0 Å². The molecule has 3 heteroatoms. The fourth-order valence-electron chi connectivity index (χ4n) is 6.91. The van der Waals surface area contributed by atoms with Gasteiger partial charge in [-0.25, -0.2) is 0 Å². The monoisotopic (exact) mass is 545 g/mol. The van der Waals surface area contributed by atoms with Crippen molar-refractivity contribution in [2.75, 3.05) is 0 Å². The van der Waals surface area contributed by atoms with E-state index in [1.807, 2.05) is 0 Å². The van der Waals surface area contributed by atoms with E-state index in [0.29, 0.717) is 0 Å². The van der Waals surface area contributed by atoms with Crippen LogP contribution in [-0.4, -0.2) is 12.6 Å². The van der Waals surface area contributed by atoms with Gasteiger partial charge in [0, 0.05) is 21.5 Å². The summed E-state index contributed by atoms with van der Waals surface area (Å²) in [4.78, 5) is 0. The Labute approximate surface area is 239 Å². The largest absolute Gasteiger partial charge is 0.454 e. The lowest BCUT2D eigenvalue weighted by molar-refractivity contribution is 0.668. The number of hydrogen-bond acceptors (Lipinski definition) is 1. The number of aromatic nitrogens is 1. The summed E-state index contributed by atoms with van der Waals surface area (Å²) in [6.07, 6.45) is 2.20. The molecule has 0 aliphatic heterocycles. The van der Waals surface area contributed by atoms with Gasteiger partial charge in [0.15, 0.2) is 5.58 Å². The zero-order valence-corrected chi connectivity index (χ0v) is 24.9. The minimum Gasteiger partial charge on any atom is -0.454 e. The Hall–Kier alpha value is -4.60. The minimum absolute atomic E-state index is 0.939. The molecule has 0 fully saturated rings. The summed E-state index contributed by atoms with van der Waals surface area (Å²) in [7, 11) is -1.61. The van der Waals surface area contributed by atoms with Crippen LogP contribution in [0, 0.1) is 0 Å². The van der Waals surface area contributed by atoms with E-state index in [1.165, 1.54) is 59.1 Å². The molecule has 0 N–H and O–H groups in total. The van der Waals surface area contributed by atoms with E-state index >= 15 is 0 Å². The molecule has 2 aromatic heterocycles. The van der Waals surface area contributed by atoms with Gasteiger partial charge in [0.05, 0.1) is 24.8 Å². The van der Waals surface area contributed by atoms with E-state index < -0.39 is 8.07 Å². The third-order valence-corrected chi connectivity index (χ3v) is 10.8. The molecule has 0 amide bonds. The molecule has 0 bridgehead atoms. The van der Waals surface area contributed by atoms with Gasteiger partial charge in [-0.1, -0.05) is 105 Å². The first-order valence-corrected chi connectivity index (χ1v) is 17.8. The number of furan rings is 1. The molecular weight excluding hydrogens is 515 g/mol. The molecule has 198 valence electrons. The van der Waals surface area contributed by atoms with Gasteiger partial charge >= 0.3 is 0 Å². The van der Waals surface area contributed by atoms with E-state index in [9.17, 15) is 0 Å². The van der Waals surface area contributed by atoms with Crippen LogP contribution in [0.3, 0.4) is 0 Å². The second-order valence-corrected chi connectivity index (χ2v) is 17.2. The lowest BCUT2D eigenvalue weighted by Crippen LogP contribution is -2.37. The van der Waals surface area contributed by atoms with Gasteiger partial charge < -0.3 is 8.98 Å². The van der Waals surface area contributed by atoms with Crippen LogP contribution in [-0.2, 0) is 0 Å². The SMILES string of the molecule is C=c1c(=CC)c2cc3c(cc2c2ccccc12)c1ccccc1n3-c1cccc2c1oc1c([Si](C)(C)C)cccc12. The molecule has 0 aliphatic rings. The number of benzene rings is 6. The molecule has 0 radical (unpaired) electrons. The third kappa shape index (κ3) is 3.30. The molecule has 0 unspecified atom stereocenters. The van der Waals surface area contributed by atoms with E-state index in [1.54, 1.807) is 0 Å². The van der Waals surface area contributed by atoms with E-state index in [4.69, 9.17) is 4.42 Å². The predicted molar refractivity (Wildman–Crippen MR) is 181 cm³/mol. The van der Waals surface area contributed by atoms with E-state index in [0.717, 1.165) is 27.5 Å². The van der Waals surface area contributed by atoms with Crippen LogP contribution in [0.4, 0.5) is 0 Å². The lowest BCUT2D eigenvalue weighted by atomic mass is 9.96. The first kappa shape index (κ1) is 24.2. The average Bonchev–Trinajstić information content (AvgIpc) is 3.52. The topological polar surface area (TPSA) is 18.1 Å². The average molecular weight is 546 g/mol. The predicted octanol–water partition coefficient (Wildman–Crippen LogP) is 8.75. The van der Waals surface area contributed by atoms with Crippen molar-refractivity contribution in [2.45, 2.75) is 26.6 Å². The molecule has 0 atom stereocenters. The molecule has 8 aromatic rings. The maximum absolute atomic E-state index is 6.87. The zero-order chi connectivity index (χ0) is 28.0. The fourth-order valence-corrected chi connectivity index (χ4v) is 8.37. The van der Waals surface area contributed by atoms with Gasteiger partial charge in [-0.15, -0.1) is 0 Å². The Morgan fingerprint density at radius 2 is 1.27 bits per heavy atom. The number of nitrogens with zero attached hydrogens (tertiary/aromatic N) is 1. The van der Waals surface area contributed by atoms with E-state index in [2.05, 4.69) is 141 Å². The minimum atomic E-state index is -1.61. The standard InChI is InChI=1S/C38H31NOSi/c1-6-24-23(2)25-13-7-8-14-26(25)30-21-32-27-15-9-10-18-33(27)39(35(32)22-31(24)30)34-19-11-16-28-29-17-12-20-36(41(3,4)5)38(29)40-37(28)34/h6-22H,2H2,1,3-5H3. The zero-order valence-electron chi connectivity index (χ0n) is 23.9. The number of rotatable bonds is 2. The highest BCUT2D eigenvalue weighted by Gasteiger charge is 2.24. The van der Waals surface area contributed by atoms with Gasteiger partial charge in [-0.05, 0) is 68.4 Å². The van der Waals surface area contributed by atoms with Crippen molar-refractivity contribution in [3.05, 3.63) is 107 Å². The summed E-state index contributed by atoms with van der Waals surface area (Å²) >= 11 is 0. The van der Waals surface area contributed by atoms with Crippen LogP contribution in [0.5, 0.6) is 0 Å². The highest BCUT2D eigenvalue weighted by Crippen LogP contribution is 2.39. The van der Waals surface area contributed by atoms with Crippen LogP contribution in [0.2, 0.25) is 19.6 Å². The summed E-state index contributed by atoms with van der Waals surface area (Å²) in [5, 5.41) is 13.4. The summed E-state index contributed by atoms with van der Waals surface area (Å²) in [5.74, 6) is 0. The molecule has 2 nitrogen and oxygen atoms in total. The van der Waals surface area contributed by atoms with Crippen LogP contribution < -0.4 is 15.6 Å². The Kier molecular flexibility index (Phi) is 4.99. The molecule has 8 rings (SSSR count). The maximum atomic E-state index is 6.87. The molecule has 0 saturated carbocycles. The Bertz CT molecular complexity index is 2490. The second kappa shape index (κ2) is 8.45. The van der Waals surface area contributed by atoms with Crippen molar-refractivity contribution in [3.63, 3.8) is 0 Å². The highest BCUT2D eigenvalue weighted by molar-refractivity contribution is 6.90. The van der Waals surface area contributed by atoms with Crippen LogP contribution in [0.15, 0.2) is 101 Å². The smallest absolute Gasteiger partial charge is 0.159 e. The molecule has 2 heterocycles. The lowest BCUT2D eigenvalue weighted by Gasteiger charge is -2.16. The fraction of sp³-hybridized carbons (Fsp3) is 0.105. The first-order valence-electron chi connectivity index (χ1n) is 14.3. The van der Waals surface area contributed by atoms with Crippen molar-refractivity contribution >= 4 is 91.2 Å². The van der Waals surface area contributed by atoms with Crippen molar-refractivity contribution in [3.8, 4) is 5.69 Å². The van der Waals surface area contributed by atoms with Crippen LogP contribution in [0.25, 0.3) is 83.6 Å². The van der Waals surface area contributed by atoms with Crippen LogP contribution in [0.1, 0.15) is 6.92 Å². The van der Waals surface area contributed by atoms with E-state index in [-0.39, 0.29) is 0 Å². The number of fused-ring (bicyclic) bond motifs is 9. The Morgan fingerprint density at radius 1 is 0.610 bits per heavy atom. The van der Waals surface area contributed by atoms with Gasteiger partial charge in [0.25, 0.3) is 0 Å². The number of hydrogen-bond donors (Lipinski definition) is 0. The van der Waals surface area contributed by atoms with Crippen molar-refractivity contribution in [2.24, 2.45) is 0 Å². The molecule has 0 saturated heterocycles. The quantitative estimate of drug-likeness (QED) is 0.157. The highest BCUT2D eigenvalue weighted by atomic mass is 28.3. The van der Waals surface area contributed by atoms with Crippen LogP contribution >= 0.6 is 0 Å². The van der Waals surface area contributed by atoms with Crippen molar-refractivity contribution in [1.29, 1.82) is 0 Å². The summed E-state index contributed by atoms with van der Waals surface area (Å²) in [6, 6.07) is 35.4. The van der Waals surface area contributed by atoms with Crippen molar-refractivity contribution in [1.82, 2.24) is 4.57 Å². The first-order chi connectivity index (χ1) is 19.9. The third-order valence-electron chi connectivity index (χ3n) is 8.81. The van der Waals surface area contributed by atoms with Gasteiger partial charge in [0.2, 0.25) is 0 Å². The maximum Gasteiger partial charge on any atom is 0.159 e. The Balaban J connectivity index is 1.57.